The molecular formula is C20H27N5O2S. The molecule has 0 saturated heterocycles. The van der Waals surface area contributed by atoms with Crippen molar-refractivity contribution in [2.24, 2.45) is 16.7 Å². The number of hydrazine groups is 1. The molecule has 0 radical (unpaired) electrons. The molecule has 2 aromatic rings. The number of amides is 1. The van der Waals surface area contributed by atoms with Gasteiger partial charge in [0.2, 0.25) is 5.91 Å². The van der Waals surface area contributed by atoms with Gasteiger partial charge in [-0.1, -0.05) is 51.1 Å². The third kappa shape index (κ3) is 5.98. The summed E-state index contributed by atoms with van der Waals surface area (Å²) < 4.78 is 4.93. The fraction of sp³-hybridized carbons (Fsp3) is 0.300. The minimum Gasteiger partial charge on any atom is -0.382 e. The number of carbonyl (C=O) groups is 1. The van der Waals surface area contributed by atoms with Crippen molar-refractivity contribution in [3.8, 4) is 11.1 Å². The van der Waals surface area contributed by atoms with Gasteiger partial charge in [0.15, 0.2) is 5.84 Å². The SMILES string of the molecule is COCC(=O)Nc1cc(-c2ccccc2/C(N)=N/NN)ccc1SC(C)(C)C. The van der Waals surface area contributed by atoms with E-state index < -0.39 is 0 Å². The molecule has 7 nitrogen and oxygen atoms in total. The van der Waals surface area contributed by atoms with E-state index in [1.54, 1.807) is 11.8 Å². The van der Waals surface area contributed by atoms with E-state index in [0.29, 0.717) is 0 Å². The lowest BCUT2D eigenvalue weighted by molar-refractivity contribution is -0.119. The van der Waals surface area contributed by atoms with E-state index in [1.165, 1.54) is 7.11 Å². The van der Waals surface area contributed by atoms with Crippen molar-refractivity contribution in [2.75, 3.05) is 19.0 Å². The van der Waals surface area contributed by atoms with Gasteiger partial charge >= 0.3 is 0 Å². The number of thioether (sulfide) groups is 1. The summed E-state index contributed by atoms with van der Waals surface area (Å²) in [6, 6.07) is 13.5. The Hall–Kier alpha value is -2.55. The number of amidine groups is 1. The van der Waals surface area contributed by atoms with Crippen LogP contribution < -0.4 is 22.4 Å². The molecule has 0 heterocycles. The maximum atomic E-state index is 12.1. The number of hydrogen-bond donors (Lipinski definition) is 4. The first kappa shape index (κ1) is 21.7. The van der Waals surface area contributed by atoms with Crippen LogP contribution in [0.2, 0.25) is 0 Å². The van der Waals surface area contributed by atoms with Gasteiger partial charge in [-0.25, -0.2) is 11.4 Å². The van der Waals surface area contributed by atoms with Gasteiger partial charge in [0.25, 0.3) is 0 Å². The van der Waals surface area contributed by atoms with Crippen molar-refractivity contribution < 1.29 is 9.53 Å². The van der Waals surface area contributed by atoms with Crippen LogP contribution in [0.4, 0.5) is 5.69 Å². The second kappa shape index (κ2) is 9.59. The summed E-state index contributed by atoms with van der Waals surface area (Å²) in [6.45, 7) is 6.36. The average molecular weight is 402 g/mol. The van der Waals surface area contributed by atoms with Crippen LogP contribution in [-0.4, -0.2) is 30.2 Å². The Kier molecular flexibility index (Phi) is 7.45. The smallest absolute Gasteiger partial charge is 0.250 e. The monoisotopic (exact) mass is 401 g/mol. The van der Waals surface area contributed by atoms with Gasteiger partial charge in [-0.05, 0) is 23.3 Å². The van der Waals surface area contributed by atoms with Crippen LogP contribution in [0.1, 0.15) is 26.3 Å². The largest absolute Gasteiger partial charge is 0.382 e. The minimum absolute atomic E-state index is 0.00988. The number of nitrogens with one attached hydrogen (secondary N) is 2. The lowest BCUT2D eigenvalue weighted by Crippen LogP contribution is -2.23. The number of benzene rings is 2. The van der Waals surface area contributed by atoms with Gasteiger partial charge < -0.3 is 15.8 Å². The van der Waals surface area contributed by atoms with Crippen molar-refractivity contribution in [1.82, 2.24) is 5.53 Å². The maximum Gasteiger partial charge on any atom is 0.250 e. The summed E-state index contributed by atoms with van der Waals surface area (Å²) in [6.07, 6.45) is 0. The van der Waals surface area contributed by atoms with Crippen LogP contribution in [0.3, 0.4) is 0 Å². The van der Waals surface area contributed by atoms with Crippen molar-refractivity contribution in [2.45, 2.75) is 30.4 Å². The zero-order valence-corrected chi connectivity index (χ0v) is 17.4. The number of ether oxygens (including phenoxy) is 1. The molecule has 1 amide bonds. The molecule has 28 heavy (non-hydrogen) atoms. The number of methoxy groups -OCH3 is 1. The van der Waals surface area contributed by atoms with E-state index in [0.717, 1.165) is 27.3 Å². The topological polar surface area (TPSA) is 115 Å². The van der Waals surface area contributed by atoms with Crippen LogP contribution in [0, 0.1) is 0 Å². The van der Waals surface area contributed by atoms with Gasteiger partial charge in [0.1, 0.15) is 6.61 Å². The van der Waals surface area contributed by atoms with Crippen molar-refractivity contribution >= 4 is 29.2 Å². The van der Waals surface area contributed by atoms with Crippen LogP contribution in [0.25, 0.3) is 11.1 Å². The van der Waals surface area contributed by atoms with E-state index in [4.69, 9.17) is 16.3 Å². The molecule has 0 unspecified atom stereocenters. The predicted octanol–water partition coefficient (Wildman–Crippen LogP) is 2.91. The lowest BCUT2D eigenvalue weighted by atomic mass is 9.98. The number of carbonyl (C=O) groups excluding carboxylic acids is 1. The Morgan fingerprint density at radius 2 is 1.93 bits per heavy atom. The van der Waals surface area contributed by atoms with Crippen molar-refractivity contribution in [3.05, 3.63) is 48.0 Å². The second-order valence-electron chi connectivity index (χ2n) is 7.08. The van der Waals surface area contributed by atoms with E-state index in [2.05, 4.69) is 36.7 Å². The number of hydrogen-bond acceptors (Lipinski definition) is 6. The minimum atomic E-state index is -0.211. The van der Waals surface area contributed by atoms with Gasteiger partial charge in [-0.2, -0.15) is 0 Å². The number of hydrazone groups is 1. The Morgan fingerprint density at radius 3 is 2.57 bits per heavy atom. The molecule has 2 aromatic carbocycles. The quantitative estimate of drug-likeness (QED) is 0.186. The lowest BCUT2D eigenvalue weighted by Gasteiger charge is -2.21. The Labute approximate surface area is 169 Å². The molecule has 0 bridgehead atoms. The molecule has 150 valence electrons. The normalized spacial score (nSPS) is 12.0. The highest BCUT2D eigenvalue weighted by Gasteiger charge is 2.18. The van der Waals surface area contributed by atoms with Gasteiger partial charge in [-0.3, -0.25) is 4.79 Å². The molecule has 0 aliphatic rings. The third-order valence-electron chi connectivity index (χ3n) is 3.64. The first-order chi connectivity index (χ1) is 13.2. The fourth-order valence-corrected chi connectivity index (χ4v) is 3.64. The Bertz CT molecular complexity index is 862. The van der Waals surface area contributed by atoms with E-state index >= 15 is 0 Å². The fourth-order valence-electron chi connectivity index (χ4n) is 2.62. The molecule has 0 aromatic heterocycles. The first-order valence-electron chi connectivity index (χ1n) is 8.75. The van der Waals surface area contributed by atoms with Gasteiger partial charge in [-0.15, -0.1) is 16.9 Å². The number of nitrogens with zero attached hydrogens (tertiary/aromatic N) is 1. The van der Waals surface area contributed by atoms with Gasteiger partial charge in [0, 0.05) is 22.3 Å². The molecule has 2 rings (SSSR count). The van der Waals surface area contributed by atoms with Crippen LogP contribution in [-0.2, 0) is 9.53 Å². The zero-order valence-electron chi connectivity index (χ0n) is 16.6. The molecule has 0 atom stereocenters. The third-order valence-corrected chi connectivity index (χ3v) is 4.83. The Morgan fingerprint density at radius 1 is 1.21 bits per heavy atom. The highest BCUT2D eigenvalue weighted by Crippen LogP contribution is 2.39. The predicted molar refractivity (Wildman–Crippen MR) is 116 cm³/mol. The summed E-state index contributed by atoms with van der Waals surface area (Å²) in [4.78, 5) is 13.1. The standard InChI is InChI=1S/C20H27N5O2S/c1-20(2,3)28-17-10-9-13(11-16(17)23-18(26)12-27-4)14-7-5-6-8-15(14)19(21)24-25-22/h5-11,25H,12,22H2,1-4H3,(H2,21,24)(H,23,26). The first-order valence-corrected chi connectivity index (χ1v) is 9.57. The highest BCUT2D eigenvalue weighted by molar-refractivity contribution is 8.00. The van der Waals surface area contributed by atoms with Crippen LogP contribution in [0.15, 0.2) is 52.5 Å². The molecule has 6 N–H and O–H groups in total. The summed E-state index contributed by atoms with van der Waals surface area (Å²) >= 11 is 1.68. The maximum absolute atomic E-state index is 12.1. The molecule has 0 fully saturated rings. The van der Waals surface area contributed by atoms with Crippen molar-refractivity contribution in [1.29, 1.82) is 0 Å². The molecule has 8 heteroatoms. The van der Waals surface area contributed by atoms with Crippen LogP contribution in [0.5, 0.6) is 0 Å². The summed E-state index contributed by atoms with van der Waals surface area (Å²) in [7, 11) is 1.49. The molecular weight excluding hydrogens is 374 g/mol. The molecule has 0 spiro atoms. The number of rotatable bonds is 7. The van der Waals surface area contributed by atoms with E-state index in [-0.39, 0.29) is 23.1 Å². The number of nitrogens with two attached hydrogens (primary N) is 2. The Balaban J connectivity index is 2.52. The summed E-state index contributed by atoms with van der Waals surface area (Å²) in [5, 5.41) is 6.81. The van der Waals surface area contributed by atoms with Crippen molar-refractivity contribution in [3.63, 3.8) is 0 Å². The molecule has 0 saturated carbocycles. The number of anilines is 1. The van der Waals surface area contributed by atoms with E-state index in [9.17, 15) is 4.79 Å². The second-order valence-corrected chi connectivity index (χ2v) is 8.95. The average Bonchev–Trinajstić information content (AvgIpc) is 2.62. The van der Waals surface area contributed by atoms with E-state index in [1.807, 2.05) is 42.5 Å². The highest BCUT2D eigenvalue weighted by atomic mass is 32.2. The summed E-state index contributed by atoms with van der Waals surface area (Å²) in [5.74, 6) is 5.33. The zero-order chi connectivity index (χ0) is 20.7. The molecule has 0 aliphatic heterocycles. The molecule has 0 aliphatic carbocycles. The van der Waals surface area contributed by atoms with Gasteiger partial charge in [0.05, 0.1) is 5.69 Å². The summed E-state index contributed by atoms with van der Waals surface area (Å²) in [5.41, 5.74) is 11.5. The van der Waals surface area contributed by atoms with Crippen LogP contribution >= 0.6 is 11.8 Å².